The number of nitrogens with zero attached hydrogens (tertiary/aromatic N) is 2. The lowest BCUT2D eigenvalue weighted by Gasteiger charge is -2.29. The van der Waals surface area contributed by atoms with Crippen LogP contribution in [0.5, 0.6) is 0 Å². The van der Waals surface area contributed by atoms with Crippen molar-refractivity contribution in [2.24, 2.45) is 0 Å². The molecule has 1 aliphatic heterocycles. The molecule has 8 heteroatoms. The fraction of sp³-hybridized carbons (Fsp3) is 0.391. The van der Waals surface area contributed by atoms with Crippen LogP contribution in [0.4, 0.5) is 0 Å². The van der Waals surface area contributed by atoms with Gasteiger partial charge in [-0.2, -0.15) is 0 Å². The summed E-state index contributed by atoms with van der Waals surface area (Å²) in [5.41, 5.74) is 0.698. The van der Waals surface area contributed by atoms with Gasteiger partial charge >= 0.3 is 5.97 Å². The lowest BCUT2D eigenvalue weighted by molar-refractivity contribution is -0.133. The third kappa shape index (κ3) is 4.39. The summed E-state index contributed by atoms with van der Waals surface area (Å²) < 4.78 is 5.16. The lowest BCUT2D eigenvalue weighted by Crippen LogP contribution is -2.40. The summed E-state index contributed by atoms with van der Waals surface area (Å²) in [4.78, 5) is 54.2. The van der Waals surface area contributed by atoms with E-state index >= 15 is 0 Å². The van der Waals surface area contributed by atoms with Crippen molar-refractivity contribution in [3.63, 3.8) is 0 Å². The Balaban J connectivity index is 1.39. The Bertz CT molecular complexity index is 1010. The summed E-state index contributed by atoms with van der Waals surface area (Å²) in [6, 6.07) is 8.14. The molecule has 1 aromatic heterocycles. The van der Waals surface area contributed by atoms with E-state index in [-0.39, 0.29) is 34.9 Å². The third-order valence-electron chi connectivity index (χ3n) is 5.82. The number of benzene rings is 1. The number of esters is 1. The molecule has 3 amide bonds. The Hall–Kier alpha value is -3.00. The zero-order chi connectivity index (χ0) is 22.0. The molecule has 0 saturated heterocycles. The molecular weight excluding hydrogens is 416 g/mol. The number of rotatable bonds is 6. The first kappa shape index (κ1) is 21.2. The van der Waals surface area contributed by atoms with Crippen LogP contribution in [0.1, 0.15) is 68.1 Å². The number of amides is 3. The van der Waals surface area contributed by atoms with Crippen molar-refractivity contribution in [3.8, 4) is 0 Å². The van der Waals surface area contributed by atoms with Gasteiger partial charge in [-0.25, -0.2) is 4.79 Å². The summed E-state index contributed by atoms with van der Waals surface area (Å²) in [5.74, 6) is -1.67. The molecule has 1 aromatic carbocycles. The summed E-state index contributed by atoms with van der Waals surface area (Å²) in [6.45, 7) is 0.0549. The number of ether oxygens (including phenoxy) is 1. The zero-order valence-corrected chi connectivity index (χ0v) is 18.2. The predicted molar refractivity (Wildman–Crippen MR) is 115 cm³/mol. The second kappa shape index (κ2) is 9.01. The van der Waals surface area contributed by atoms with E-state index in [9.17, 15) is 19.2 Å². The van der Waals surface area contributed by atoms with Crippen LogP contribution in [-0.4, -0.2) is 53.2 Å². The van der Waals surface area contributed by atoms with E-state index in [0.717, 1.165) is 37.0 Å². The maximum absolute atomic E-state index is 12.9. The maximum atomic E-state index is 12.9. The Morgan fingerprint density at radius 2 is 1.84 bits per heavy atom. The third-order valence-corrected chi connectivity index (χ3v) is 6.68. The molecule has 0 spiro atoms. The van der Waals surface area contributed by atoms with E-state index in [2.05, 4.69) is 0 Å². The van der Waals surface area contributed by atoms with Crippen molar-refractivity contribution >= 4 is 35.0 Å². The smallest absolute Gasteiger partial charge is 0.338 e. The highest BCUT2D eigenvalue weighted by atomic mass is 32.1. The number of thiophene rings is 1. The number of hydrogen-bond donors (Lipinski definition) is 0. The number of carbonyl (C=O) groups excluding carboxylic acids is 4. The van der Waals surface area contributed by atoms with Crippen LogP contribution in [-0.2, 0) is 16.1 Å². The van der Waals surface area contributed by atoms with Crippen molar-refractivity contribution in [1.29, 1.82) is 0 Å². The van der Waals surface area contributed by atoms with Crippen molar-refractivity contribution < 1.29 is 23.9 Å². The van der Waals surface area contributed by atoms with E-state index < -0.39 is 12.6 Å². The molecular formula is C23H24N2O5S. The van der Waals surface area contributed by atoms with Gasteiger partial charge in [-0.1, -0.05) is 25.3 Å². The molecule has 0 N–H and O–H groups in total. The van der Waals surface area contributed by atoms with Gasteiger partial charge in [0.05, 0.1) is 23.2 Å². The molecule has 2 heterocycles. The average Bonchev–Trinajstić information content (AvgIpc) is 3.38. The summed E-state index contributed by atoms with van der Waals surface area (Å²) in [7, 11) is 1.65. The Labute approximate surface area is 184 Å². The SMILES string of the molecule is CN(Cc1cccs1)C(=O)COC(=O)c1ccc2c(c1)C(=O)N(C1CCCCC1)C2=O. The molecule has 162 valence electrons. The van der Waals surface area contributed by atoms with Crippen LogP contribution in [0.15, 0.2) is 35.7 Å². The van der Waals surface area contributed by atoms with E-state index in [0.29, 0.717) is 12.1 Å². The quantitative estimate of drug-likeness (QED) is 0.507. The van der Waals surface area contributed by atoms with Crippen LogP contribution in [0.2, 0.25) is 0 Å². The summed E-state index contributed by atoms with van der Waals surface area (Å²) >= 11 is 1.55. The second-order valence-corrected chi connectivity index (χ2v) is 8.97. The minimum Gasteiger partial charge on any atom is -0.452 e. The van der Waals surface area contributed by atoms with E-state index in [1.807, 2.05) is 17.5 Å². The van der Waals surface area contributed by atoms with Crippen molar-refractivity contribution in [2.75, 3.05) is 13.7 Å². The molecule has 0 unspecified atom stereocenters. The molecule has 4 rings (SSSR count). The minimum absolute atomic E-state index is 0.0759. The van der Waals surface area contributed by atoms with Gasteiger partial charge in [0.2, 0.25) is 0 Å². The van der Waals surface area contributed by atoms with Gasteiger partial charge < -0.3 is 9.64 Å². The van der Waals surface area contributed by atoms with Gasteiger partial charge in [-0.3, -0.25) is 19.3 Å². The number of likely N-dealkylation sites (N-methyl/N-ethyl adjacent to an activating group) is 1. The van der Waals surface area contributed by atoms with Gasteiger partial charge in [-0.05, 0) is 42.5 Å². The van der Waals surface area contributed by atoms with Crippen LogP contribution < -0.4 is 0 Å². The normalized spacial score (nSPS) is 16.4. The molecule has 7 nitrogen and oxygen atoms in total. The zero-order valence-electron chi connectivity index (χ0n) is 17.3. The molecule has 1 aliphatic carbocycles. The first-order valence-electron chi connectivity index (χ1n) is 10.4. The van der Waals surface area contributed by atoms with E-state index in [4.69, 9.17) is 4.74 Å². The average molecular weight is 441 g/mol. The molecule has 31 heavy (non-hydrogen) atoms. The van der Waals surface area contributed by atoms with Crippen molar-refractivity contribution in [1.82, 2.24) is 9.80 Å². The minimum atomic E-state index is -0.697. The molecule has 0 atom stereocenters. The van der Waals surface area contributed by atoms with Gasteiger partial charge in [0.25, 0.3) is 17.7 Å². The number of imide groups is 1. The maximum Gasteiger partial charge on any atom is 0.338 e. The van der Waals surface area contributed by atoms with Gasteiger partial charge in [0.15, 0.2) is 6.61 Å². The van der Waals surface area contributed by atoms with Crippen molar-refractivity contribution in [3.05, 3.63) is 57.3 Å². The predicted octanol–water partition coefficient (Wildman–Crippen LogP) is 3.49. The lowest BCUT2D eigenvalue weighted by atomic mass is 9.94. The Morgan fingerprint density at radius 1 is 1.10 bits per heavy atom. The first-order chi connectivity index (χ1) is 15.0. The Kier molecular flexibility index (Phi) is 6.18. The van der Waals surface area contributed by atoms with Crippen LogP contribution >= 0.6 is 11.3 Å². The van der Waals surface area contributed by atoms with E-state index in [1.165, 1.54) is 28.0 Å². The molecule has 1 saturated carbocycles. The Morgan fingerprint density at radius 3 is 2.55 bits per heavy atom. The topological polar surface area (TPSA) is 84.0 Å². The molecule has 2 aliphatic rings. The molecule has 2 aromatic rings. The van der Waals surface area contributed by atoms with Gasteiger partial charge in [-0.15, -0.1) is 11.3 Å². The van der Waals surface area contributed by atoms with Crippen LogP contribution in [0.3, 0.4) is 0 Å². The second-order valence-electron chi connectivity index (χ2n) is 7.94. The standard InChI is InChI=1S/C23H24N2O5S/c1-24(13-17-8-5-11-31-17)20(26)14-30-23(29)15-9-10-18-19(12-15)22(28)25(21(18)27)16-6-3-2-4-7-16/h5,8-12,16H,2-4,6-7,13-14H2,1H3. The highest BCUT2D eigenvalue weighted by molar-refractivity contribution is 7.09. The number of fused-ring (bicyclic) bond motifs is 1. The van der Waals surface area contributed by atoms with Gasteiger partial charge in [0.1, 0.15) is 0 Å². The highest BCUT2D eigenvalue weighted by Crippen LogP contribution is 2.31. The van der Waals surface area contributed by atoms with E-state index in [1.54, 1.807) is 18.4 Å². The summed E-state index contributed by atoms with van der Waals surface area (Å²) in [5, 5.41) is 1.93. The monoisotopic (exact) mass is 440 g/mol. The molecule has 0 radical (unpaired) electrons. The largest absolute Gasteiger partial charge is 0.452 e. The fourth-order valence-electron chi connectivity index (χ4n) is 4.10. The van der Waals surface area contributed by atoms with Gasteiger partial charge in [0, 0.05) is 18.0 Å². The van der Waals surface area contributed by atoms with Crippen LogP contribution in [0, 0.1) is 0 Å². The fourth-order valence-corrected chi connectivity index (χ4v) is 4.86. The first-order valence-corrected chi connectivity index (χ1v) is 11.3. The van der Waals surface area contributed by atoms with Crippen LogP contribution in [0.25, 0.3) is 0 Å². The van der Waals surface area contributed by atoms with Crippen molar-refractivity contribution in [2.45, 2.75) is 44.7 Å². The number of hydrogen-bond acceptors (Lipinski definition) is 6. The molecule has 0 bridgehead atoms. The highest BCUT2D eigenvalue weighted by Gasteiger charge is 2.40. The number of carbonyl (C=O) groups is 4. The molecule has 1 fully saturated rings. The summed E-state index contributed by atoms with van der Waals surface area (Å²) in [6.07, 6.45) is 4.77.